The Balaban J connectivity index is 1.67. The van der Waals surface area contributed by atoms with Crippen LogP contribution in [0.3, 0.4) is 0 Å². The zero-order chi connectivity index (χ0) is 20.0. The maximum atomic E-state index is 12.6. The van der Waals surface area contributed by atoms with Gasteiger partial charge in [-0.05, 0) is 74.0 Å². The minimum absolute atomic E-state index is 0.169. The number of benzene rings is 2. The molecule has 1 atom stereocenters. The highest BCUT2D eigenvalue weighted by molar-refractivity contribution is 7.89. The molecule has 0 fully saturated rings. The van der Waals surface area contributed by atoms with Crippen LogP contribution in [-0.2, 0) is 10.0 Å². The Morgan fingerprint density at radius 1 is 0.964 bits per heavy atom. The van der Waals surface area contributed by atoms with Gasteiger partial charge in [-0.3, -0.25) is 4.98 Å². The fraction of sp³-hybridized carbons (Fsp3) is 0.190. The first-order chi connectivity index (χ1) is 13.5. The van der Waals surface area contributed by atoms with E-state index in [4.69, 9.17) is 9.47 Å². The van der Waals surface area contributed by atoms with Gasteiger partial charge in [-0.2, -0.15) is 0 Å². The lowest BCUT2D eigenvalue weighted by Gasteiger charge is -2.14. The van der Waals surface area contributed by atoms with Crippen LogP contribution in [0, 0.1) is 0 Å². The first kappa shape index (κ1) is 19.9. The van der Waals surface area contributed by atoms with Crippen molar-refractivity contribution in [1.82, 2.24) is 9.71 Å². The third-order valence-electron chi connectivity index (χ3n) is 4.02. The molecule has 3 rings (SSSR count). The summed E-state index contributed by atoms with van der Waals surface area (Å²) < 4.78 is 39.0. The maximum absolute atomic E-state index is 12.6. The first-order valence-electron chi connectivity index (χ1n) is 8.91. The average molecular weight is 398 g/mol. The Hall–Kier alpha value is -2.90. The van der Waals surface area contributed by atoms with Crippen LogP contribution in [0.25, 0.3) is 0 Å². The highest BCUT2D eigenvalue weighted by Crippen LogP contribution is 2.25. The Bertz CT molecular complexity index is 989. The molecule has 146 valence electrons. The van der Waals surface area contributed by atoms with Crippen molar-refractivity contribution in [2.75, 3.05) is 6.61 Å². The fourth-order valence-electron chi connectivity index (χ4n) is 2.59. The van der Waals surface area contributed by atoms with Gasteiger partial charge in [0.05, 0.1) is 11.5 Å². The van der Waals surface area contributed by atoms with Gasteiger partial charge < -0.3 is 9.47 Å². The SMILES string of the molecule is CCOc1ccc(Oc2ccc(S(=O)(=O)NC(C)c3cccnc3)cc2)cc1. The minimum atomic E-state index is -3.66. The first-order valence-corrected chi connectivity index (χ1v) is 10.4. The second-order valence-corrected chi connectivity index (χ2v) is 7.82. The summed E-state index contributed by atoms with van der Waals surface area (Å²) in [6, 6.07) is 16.7. The highest BCUT2D eigenvalue weighted by atomic mass is 32.2. The lowest BCUT2D eigenvalue weighted by molar-refractivity contribution is 0.339. The molecule has 6 nitrogen and oxygen atoms in total. The van der Waals surface area contributed by atoms with E-state index in [2.05, 4.69) is 9.71 Å². The lowest BCUT2D eigenvalue weighted by atomic mass is 10.2. The van der Waals surface area contributed by atoms with Gasteiger partial charge in [-0.15, -0.1) is 0 Å². The summed E-state index contributed by atoms with van der Waals surface area (Å²) in [5, 5.41) is 0. The third-order valence-corrected chi connectivity index (χ3v) is 5.58. The van der Waals surface area contributed by atoms with E-state index in [1.165, 1.54) is 12.1 Å². The third kappa shape index (κ3) is 5.09. The van der Waals surface area contributed by atoms with Crippen molar-refractivity contribution in [1.29, 1.82) is 0 Å². The Labute approximate surface area is 165 Å². The van der Waals surface area contributed by atoms with Gasteiger partial charge in [-0.1, -0.05) is 6.07 Å². The van der Waals surface area contributed by atoms with Crippen molar-refractivity contribution in [2.45, 2.75) is 24.8 Å². The quantitative estimate of drug-likeness (QED) is 0.612. The molecule has 1 heterocycles. The molecule has 1 aromatic heterocycles. The molecule has 0 radical (unpaired) electrons. The number of hydrogen-bond acceptors (Lipinski definition) is 5. The van der Waals surface area contributed by atoms with Crippen molar-refractivity contribution in [3.8, 4) is 17.2 Å². The zero-order valence-electron chi connectivity index (χ0n) is 15.7. The highest BCUT2D eigenvalue weighted by Gasteiger charge is 2.18. The number of pyridine rings is 1. The summed E-state index contributed by atoms with van der Waals surface area (Å²) in [5.74, 6) is 1.95. The number of rotatable bonds is 8. The summed E-state index contributed by atoms with van der Waals surface area (Å²) in [4.78, 5) is 4.19. The number of hydrogen-bond donors (Lipinski definition) is 1. The van der Waals surface area contributed by atoms with Crippen LogP contribution in [-0.4, -0.2) is 20.0 Å². The summed E-state index contributed by atoms with van der Waals surface area (Å²) in [6.45, 7) is 4.30. The van der Waals surface area contributed by atoms with E-state index < -0.39 is 16.1 Å². The molecule has 28 heavy (non-hydrogen) atoms. The second-order valence-electron chi connectivity index (χ2n) is 6.11. The molecule has 1 unspecified atom stereocenters. The Morgan fingerprint density at radius 3 is 2.14 bits per heavy atom. The van der Waals surface area contributed by atoms with Gasteiger partial charge in [0.15, 0.2) is 0 Å². The molecular weight excluding hydrogens is 376 g/mol. The van der Waals surface area contributed by atoms with Gasteiger partial charge in [0.1, 0.15) is 17.2 Å². The predicted molar refractivity (Wildman–Crippen MR) is 107 cm³/mol. The zero-order valence-corrected chi connectivity index (χ0v) is 16.5. The molecule has 0 spiro atoms. The summed E-state index contributed by atoms with van der Waals surface area (Å²) >= 11 is 0. The van der Waals surface area contributed by atoms with Gasteiger partial charge in [0.2, 0.25) is 10.0 Å². The van der Waals surface area contributed by atoms with E-state index in [0.29, 0.717) is 18.1 Å². The molecule has 2 aromatic carbocycles. The van der Waals surface area contributed by atoms with Crippen LogP contribution >= 0.6 is 0 Å². The topological polar surface area (TPSA) is 77.5 Å². The molecule has 3 aromatic rings. The monoisotopic (exact) mass is 398 g/mol. The molecule has 0 aliphatic rings. The Kier molecular flexibility index (Phi) is 6.28. The van der Waals surface area contributed by atoms with Crippen LogP contribution < -0.4 is 14.2 Å². The van der Waals surface area contributed by atoms with E-state index in [1.807, 2.05) is 25.1 Å². The number of nitrogens with one attached hydrogen (secondary N) is 1. The van der Waals surface area contributed by atoms with E-state index in [9.17, 15) is 8.42 Å². The van der Waals surface area contributed by atoms with Crippen molar-refractivity contribution < 1.29 is 17.9 Å². The molecule has 0 bridgehead atoms. The van der Waals surface area contributed by atoms with Crippen LogP contribution in [0.2, 0.25) is 0 Å². The van der Waals surface area contributed by atoms with Crippen LogP contribution in [0.1, 0.15) is 25.5 Å². The molecular formula is C21H22N2O4S. The van der Waals surface area contributed by atoms with Gasteiger partial charge in [0.25, 0.3) is 0 Å². The number of ether oxygens (including phenoxy) is 2. The molecule has 0 saturated carbocycles. The molecule has 0 amide bonds. The number of aromatic nitrogens is 1. The van der Waals surface area contributed by atoms with Crippen molar-refractivity contribution >= 4 is 10.0 Å². The molecule has 0 saturated heterocycles. The van der Waals surface area contributed by atoms with Crippen LogP contribution in [0.5, 0.6) is 17.2 Å². The van der Waals surface area contributed by atoms with Crippen molar-refractivity contribution in [3.63, 3.8) is 0 Å². The van der Waals surface area contributed by atoms with E-state index in [0.717, 1.165) is 11.3 Å². The van der Waals surface area contributed by atoms with Gasteiger partial charge in [0, 0.05) is 18.4 Å². The summed E-state index contributed by atoms with van der Waals surface area (Å²) in [7, 11) is -3.66. The van der Waals surface area contributed by atoms with Gasteiger partial charge >= 0.3 is 0 Å². The van der Waals surface area contributed by atoms with Crippen molar-refractivity contribution in [2.24, 2.45) is 0 Å². The fourth-order valence-corrected chi connectivity index (χ4v) is 3.83. The number of nitrogens with zero attached hydrogens (tertiary/aromatic N) is 1. The normalized spacial score (nSPS) is 12.4. The van der Waals surface area contributed by atoms with E-state index >= 15 is 0 Å². The van der Waals surface area contributed by atoms with Crippen molar-refractivity contribution in [3.05, 3.63) is 78.6 Å². The average Bonchev–Trinajstić information content (AvgIpc) is 2.70. The predicted octanol–water partition coefficient (Wildman–Crippen LogP) is 4.31. The standard InChI is InChI=1S/C21H22N2O4S/c1-3-26-18-6-8-19(9-7-18)27-20-10-12-21(13-11-20)28(24,25)23-16(2)17-5-4-14-22-15-17/h4-16,23H,3H2,1-2H3. The van der Waals surface area contributed by atoms with Crippen LogP contribution in [0.4, 0.5) is 0 Å². The second kappa shape index (κ2) is 8.86. The smallest absolute Gasteiger partial charge is 0.241 e. The molecule has 0 aliphatic carbocycles. The maximum Gasteiger partial charge on any atom is 0.241 e. The Morgan fingerprint density at radius 2 is 1.57 bits per heavy atom. The summed E-state index contributed by atoms with van der Waals surface area (Å²) in [5.41, 5.74) is 0.793. The number of sulfonamides is 1. The largest absolute Gasteiger partial charge is 0.494 e. The van der Waals surface area contributed by atoms with Crippen LogP contribution in [0.15, 0.2) is 78.0 Å². The van der Waals surface area contributed by atoms with E-state index in [1.54, 1.807) is 49.6 Å². The molecule has 0 aliphatic heterocycles. The molecule has 1 N–H and O–H groups in total. The minimum Gasteiger partial charge on any atom is -0.494 e. The van der Waals surface area contributed by atoms with E-state index in [-0.39, 0.29) is 4.90 Å². The van der Waals surface area contributed by atoms with Gasteiger partial charge in [-0.25, -0.2) is 13.1 Å². The molecule has 7 heteroatoms. The summed E-state index contributed by atoms with van der Waals surface area (Å²) in [6.07, 6.45) is 3.29. The lowest BCUT2D eigenvalue weighted by Crippen LogP contribution is -2.26.